The van der Waals surface area contributed by atoms with Crippen LogP contribution in [0.5, 0.6) is 0 Å². The minimum absolute atomic E-state index is 0.0901. The lowest BCUT2D eigenvalue weighted by atomic mass is 10.1. The van der Waals surface area contributed by atoms with Gasteiger partial charge >= 0.3 is 6.09 Å². The molecular weight excluding hydrogens is 334 g/mol. The van der Waals surface area contributed by atoms with Crippen LogP contribution in [0.4, 0.5) is 10.5 Å². The number of benzene rings is 1. The first-order valence-electron chi connectivity index (χ1n) is 8.82. The second-order valence-electron chi connectivity index (χ2n) is 6.49. The van der Waals surface area contributed by atoms with Crippen molar-refractivity contribution in [3.05, 3.63) is 29.8 Å². The summed E-state index contributed by atoms with van der Waals surface area (Å²) in [5.41, 5.74) is 2.21. The number of nitrogens with zero attached hydrogens (tertiary/aromatic N) is 5. The molecule has 0 bridgehead atoms. The molecule has 2 heterocycles. The molecule has 0 radical (unpaired) electrons. The number of rotatable bonds is 4. The van der Waals surface area contributed by atoms with Gasteiger partial charge < -0.3 is 14.6 Å². The zero-order valence-corrected chi connectivity index (χ0v) is 15.5. The summed E-state index contributed by atoms with van der Waals surface area (Å²) < 4.78 is 5.05. The van der Waals surface area contributed by atoms with Crippen LogP contribution in [0, 0.1) is 0 Å². The molecule has 0 N–H and O–H groups in total. The lowest BCUT2D eigenvalue weighted by molar-refractivity contribution is -0.112. The molecule has 140 valence electrons. The summed E-state index contributed by atoms with van der Waals surface area (Å²) in [5.74, 6) is -0.0901. The molecule has 8 heteroatoms. The molecule has 0 aromatic heterocycles. The molecular formula is C18H25N5O3. The summed E-state index contributed by atoms with van der Waals surface area (Å²) in [4.78, 5) is 30.3. The first-order valence-corrected chi connectivity index (χ1v) is 8.82. The lowest BCUT2D eigenvalue weighted by Crippen LogP contribution is -2.52. The van der Waals surface area contributed by atoms with Crippen molar-refractivity contribution in [2.45, 2.75) is 6.92 Å². The molecule has 0 aliphatic carbocycles. The van der Waals surface area contributed by atoms with Crippen molar-refractivity contribution in [2.24, 2.45) is 5.10 Å². The number of carbonyl (C=O) groups is 2. The van der Waals surface area contributed by atoms with E-state index in [9.17, 15) is 9.59 Å². The van der Waals surface area contributed by atoms with Gasteiger partial charge in [0.1, 0.15) is 0 Å². The third-order valence-electron chi connectivity index (χ3n) is 4.44. The Morgan fingerprint density at radius 1 is 1.19 bits per heavy atom. The molecule has 2 amide bonds. The van der Waals surface area contributed by atoms with E-state index >= 15 is 0 Å². The topological polar surface area (TPSA) is 68.7 Å². The van der Waals surface area contributed by atoms with Crippen LogP contribution in [0.1, 0.15) is 12.5 Å². The Morgan fingerprint density at radius 3 is 2.54 bits per heavy atom. The van der Waals surface area contributed by atoms with Crippen molar-refractivity contribution < 1.29 is 14.3 Å². The first-order chi connectivity index (χ1) is 12.5. The third-order valence-corrected chi connectivity index (χ3v) is 4.44. The maximum atomic E-state index is 12.9. The Kier molecular flexibility index (Phi) is 5.41. The Labute approximate surface area is 153 Å². The van der Waals surface area contributed by atoms with Crippen LogP contribution < -0.4 is 4.90 Å². The maximum Gasteiger partial charge on any atom is 0.409 e. The Balaban J connectivity index is 1.69. The molecule has 0 unspecified atom stereocenters. The Morgan fingerprint density at radius 2 is 1.88 bits per heavy atom. The first kappa shape index (κ1) is 18.2. The fourth-order valence-electron chi connectivity index (χ4n) is 3.19. The summed E-state index contributed by atoms with van der Waals surface area (Å²) in [6.07, 6.45) is -0.268. The monoisotopic (exact) mass is 359 g/mol. The van der Waals surface area contributed by atoms with E-state index in [0.717, 1.165) is 11.3 Å². The largest absolute Gasteiger partial charge is 0.450 e. The van der Waals surface area contributed by atoms with Crippen molar-refractivity contribution in [3.8, 4) is 0 Å². The van der Waals surface area contributed by atoms with Gasteiger partial charge in [-0.1, -0.05) is 18.2 Å². The van der Waals surface area contributed by atoms with Gasteiger partial charge in [-0.05, 0) is 13.0 Å². The van der Waals surface area contributed by atoms with E-state index in [-0.39, 0.29) is 12.0 Å². The van der Waals surface area contributed by atoms with Crippen LogP contribution in [0.2, 0.25) is 0 Å². The van der Waals surface area contributed by atoms with Crippen molar-refractivity contribution in [2.75, 3.05) is 58.4 Å². The van der Waals surface area contributed by atoms with Gasteiger partial charge in [0.05, 0.1) is 19.0 Å². The molecule has 0 saturated carbocycles. The Bertz CT molecular complexity index is 711. The second-order valence-corrected chi connectivity index (χ2v) is 6.49. The number of para-hydroxylation sites is 1. The highest BCUT2D eigenvalue weighted by molar-refractivity contribution is 6.54. The molecule has 0 spiro atoms. The number of amides is 2. The quantitative estimate of drug-likeness (QED) is 0.751. The summed E-state index contributed by atoms with van der Waals surface area (Å²) in [6, 6.07) is 7.71. The van der Waals surface area contributed by atoms with Gasteiger partial charge in [-0.3, -0.25) is 14.6 Å². The fourth-order valence-corrected chi connectivity index (χ4v) is 3.19. The average molecular weight is 359 g/mol. The molecule has 26 heavy (non-hydrogen) atoms. The molecule has 1 aromatic rings. The van der Waals surface area contributed by atoms with Gasteiger partial charge in [0, 0.05) is 45.8 Å². The molecule has 1 fully saturated rings. The van der Waals surface area contributed by atoms with Crippen molar-refractivity contribution >= 4 is 23.4 Å². The van der Waals surface area contributed by atoms with Crippen LogP contribution in [0.3, 0.4) is 0 Å². The van der Waals surface area contributed by atoms with Crippen molar-refractivity contribution in [1.29, 1.82) is 0 Å². The predicted octanol–water partition coefficient (Wildman–Crippen LogP) is 1.03. The van der Waals surface area contributed by atoms with E-state index in [0.29, 0.717) is 45.2 Å². The van der Waals surface area contributed by atoms with E-state index < -0.39 is 0 Å². The molecule has 2 aliphatic heterocycles. The second kappa shape index (κ2) is 7.74. The number of fused-ring (bicyclic) bond motifs is 1. The summed E-state index contributed by atoms with van der Waals surface area (Å²) in [6.45, 7) is 5.26. The number of anilines is 1. The van der Waals surface area contributed by atoms with Gasteiger partial charge in [0.2, 0.25) is 0 Å². The summed E-state index contributed by atoms with van der Waals surface area (Å²) >= 11 is 0. The number of hydrogen-bond acceptors (Lipinski definition) is 6. The van der Waals surface area contributed by atoms with Crippen LogP contribution in [-0.4, -0.2) is 86.1 Å². The van der Waals surface area contributed by atoms with Crippen LogP contribution >= 0.6 is 0 Å². The summed E-state index contributed by atoms with van der Waals surface area (Å²) in [7, 11) is 3.61. The SMILES string of the molecule is CCOC(=O)N1CCN(CN2C(=O)/C(=N/N(C)C)c3ccccc32)CC1. The molecule has 8 nitrogen and oxygen atoms in total. The zero-order chi connectivity index (χ0) is 18.7. The highest BCUT2D eigenvalue weighted by Crippen LogP contribution is 2.29. The van der Waals surface area contributed by atoms with Gasteiger partial charge in [0.25, 0.3) is 5.91 Å². The third kappa shape index (κ3) is 3.65. The molecule has 2 aliphatic rings. The van der Waals surface area contributed by atoms with Gasteiger partial charge in [0.15, 0.2) is 5.71 Å². The standard InChI is InChI=1S/C18H25N5O3/c1-4-26-18(25)22-11-9-21(10-12-22)13-23-15-8-6-5-7-14(15)16(17(23)24)19-20(2)3/h5-8H,4,9-13H2,1-3H3/b19-16+. The van der Waals surface area contributed by atoms with E-state index in [1.165, 1.54) is 0 Å². The van der Waals surface area contributed by atoms with E-state index in [2.05, 4.69) is 10.0 Å². The summed E-state index contributed by atoms with van der Waals surface area (Å²) in [5, 5.41) is 6.01. The van der Waals surface area contributed by atoms with Gasteiger partial charge in [-0.25, -0.2) is 4.79 Å². The fraction of sp³-hybridized carbons (Fsp3) is 0.500. The van der Waals surface area contributed by atoms with Crippen LogP contribution in [-0.2, 0) is 9.53 Å². The molecule has 1 saturated heterocycles. The van der Waals surface area contributed by atoms with E-state index in [4.69, 9.17) is 4.74 Å². The minimum atomic E-state index is -0.268. The zero-order valence-electron chi connectivity index (χ0n) is 15.5. The molecule has 3 rings (SSSR count). The number of carbonyl (C=O) groups excluding carboxylic acids is 2. The lowest BCUT2D eigenvalue weighted by Gasteiger charge is -2.36. The van der Waals surface area contributed by atoms with Gasteiger partial charge in [-0.2, -0.15) is 5.10 Å². The van der Waals surface area contributed by atoms with Crippen molar-refractivity contribution in [3.63, 3.8) is 0 Å². The number of ether oxygens (including phenoxy) is 1. The smallest absolute Gasteiger partial charge is 0.409 e. The van der Waals surface area contributed by atoms with E-state index in [1.54, 1.807) is 35.8 Å². The van der Waals surface area contributed by atoms with Crippen LogP contribution in [0.25, 0.3) is 0 Å². The normalized spacial score (nSPS) is 19.0. The average Bonchev–Trinajstić information content (AvgIpc) is 2.88. The Hall–Kier alpha value is -2.61. The van der Waals surface area contributed by atoms with Crippen molar-refractivity contribution in [1.82, 2.24) is 14.8 Å². The molecule has 1 aromatic carbocycles. The maximum absolute atomic E-state index is 12.9. The number of hydrazone groups is 1. The highest BCUT2D eigenvalue weighted by atomic mass is 16.6. The van der Waals surface area contributed by atoms with E-state index in [1.807, 2.05) is 24.3 Å². The van der Waals surface area contributed by atoms with Crippen LogP contribution in [0.15, 0.2) is 29.4 Å². The van der Waals surface area contributed by atoms with Gasteiger partial charge in [-0.15, -0.1) is 0 Å². The minimum Gasteiger partial charge on any atom is -0.450 e. The number of piperazine rings is 1. The number of hydrogen-bond donors (Lipinski definition) is 0. The highest BCUT2D eigenvalue weighted by Gasteiger charge is 2.35. The molecule has 0 atom stereocenters. The predicted molar refractivity (Wildman–Crippen MR) is 99.2 cm³/mol.